The van der Waals surface area contributed by atoms with Crippen molar-refractivity contribution in [1.82, 2.24) is 9.78 Å². The third kappa shape index (κ3) is 2.74. The third-order valence-corrected chi connectivity index (χ3v) is 4.69. The Morgan fingerprint density at radius 3 is 2.59 bits per heavy atom. The molecule has 0 unspecified atom stereocenters. The van der Waals surface area contributed by atoms with Gasteiger partial charge in [0.2, 0.25) is 11.8 Å². The fourth-order valence-electron chi connectivity index (χ4n) is 3.39. The Bertz CT molecular complexity index is 1110. The summed E-state index contributed by atoms with van der Waals surface area (Å²) in [6.07, 6.45) is 0. The fourth-order valence-corrected chi connectivity index (χ4v) is 3.39. The Hall–Kier alpha value is -3.59. The summed E-state index contributed by atoms with van der Waals surface area (Å²) in [5.41, 5.74) is 10.3. The molecule has 1 atom stereocenters. The molecule has 0 saturated heterocycles. The number of fused-ring (bicyclic) bond motifs is 1. The first kappa shape index (κ1) is 16.9. The van der Waals surface area contributed by atoms with Crippen molar-refractivity contribution in [2.24, 2.45) is 5.73 Å². The topological polar surface area (TPSA) is 76.9 Å². The van der Waals surface area contributed by atoms with Gasteiger partial charge in [-0.1, -0.05) is 29.8 Å². The van der Waals surface area contributed by atoms with Crippen LogP contribution in [0, 0.1) is 31.0 Å². The standard InChI is InChI=1S/C21H17FN4O/c1-12-6-8-16(9-7-12)26-21-18(13(2)25-26)19(17(11-23)20(24)27-21)14-4-3-5-15(22)10-14/h3-10,19H,24H2,1-2H3/t19-/m0/s1. The van der Waals surface area contributed by atoms with Gasteiger partial charge < -0.3 is 10.5 Å². The molecule has 0 aliphatic carbocycles. The summed E-state index contributed by atoms with van der Waals surface area (Å²) in [6, 6.07) is 16.1. The summed E-state index contributed by atoms with van der Waals surface area (Å²) >= 11 is 0. The molecule has 4 rings (SSSR count). The summed E-state index contributed by atoms with van der Waals surface area (Å²) in [5.74, 6) is -0.455. The molecule has 134 valence electrons. The van der Waals surface area contributed by atoms with Crippen LogP contribution in [0.1, 0.15) is 28.3 Å². The summed E-state index contributed by atoms with van der Waals surface area (Å²) < 4.78 is 21.3. The molecule has 5 nitrogen and oxygen atoms in total. The first-order valence-electron chi connectivity index (χ1n) is 8.49. The number of nitriles is 1. The fraction of sp³-hybridized carbons (Fsp3) is 0.143. The molecule has 0 bridgehead atoms. The van der Waals surface area contributed by atoms with E-state index in [4.69, 9.17) is 10.5 Å². The normalized spacial score (nSPS) is 15.9. The molecule has 3 aromatic rings. The van der Waals surface area contributed by atoms with Crippen molar-refractivity contribution in [2.75, 3.05) is 0 Å². The molecule has 1 aromatic heterocycles. The molecule has 0 radical (unpaired) electrons. The Balaban J connectivity index is 1.95. The molecule has 27 heavy (non-hydrogen) atoms. The van der Waals surface area contributed by atoms with Crippen LogP contribution in [-0.4, -0.2) is 9.78 Å². The molecule has 2 heterocycles. The van der Waals surface area contributed by atoms with Crippen LogP contribution < -0.4 is 10.5 Å². The van der Waals surface area contributed by atoms with Gasteiger partial charge in [-0.25, -0.2) is 9.07 Å². The van der Waals surface area contributed by atoms with Gasteiger partial charge >= 0.3 is 0 Å². The second-order valence-corrected chi connectivity index (χ2v) is 6.53. The lowest BCUT2D eigenvalue weighted by Gasteiger charge is -2.24. The number of nitrogens with zero attached hydrogens (tertiary/aromatic N) is 3. The number of nitrogens with two attached hydrogens (primary N) is 1. The Morgan fingerprint density at radius 1 is 1.19 bits per heavy atom. The summed E-state index contributed by atoms with van der Waals surface area (Å²) in [4.78, 5) is 0. The van der Waals surface area contributed by atoms with E-state index < -0.39 is 5.92 Å². The molecule has 0 spiro atoms. The minimum Gasteiger partial charge on any atom is -0.422 e. The number of rotatable bonds is 2. The van der Waals surface area contributed by atoms with Crippen LogP contribution in [0.3, 0.4) is 0 Å². The zero-order chi connectivity index (χ0) is 19.1. The molecule has 0 amide bonds. The van der Waals surface area contributed by atoms with Gasteiger partial charge in [0.1, 0.15) is 17.5 Å². The SMILES string of the molecule is Cc1ccc(-n2nc(C)c3c2OC(N)=C(C#N)[C@@H]3c2cccc(F)c2)cc1. The highest BCUT2D eigenvalue weighted by Gasteiger charge is 2.36. The van der Waals surface area contributed by atoms with Crippen LogP contribution in [0.2, 0.25) is 0 Å². The summed E-state index contributed by atoms with van der Waals surface area (Å²) in [5, 5.41) is 14.2. The maximum atomic E-state index is 13.9. The number of benzene rings is 2. The average Bonchev–Trinajstić information content (AvgIpc) is 2.97. The van der Waals surface area contributed by atoms with Crippen molar-refractivity contribution >= 4 is 0 Å². The lowest BCUT2D eigenvalue weighted by atomic mass is 9.84. The van der Waals surface area contributed by atoms with Crippen LogP contribution in [-0.2, 0) is 0 Å². The second kappa shape index (κ2) is 6.29. The number of aromatic nitrogens is 2. The number of aryl methyl sites for hydroxylation is 2. The molecule has 1 aliphatic rings. The van der Waals surface area contributed by atoms with E-state index in [1.54, 1.807) is 16.8 Å². The quantitative estimate of drug-likeness (QED) is 0.753. The van der Waals surface area contributed by atoms with E-state index in [1.807, 2.05) is 38.1 Å². The van der Waals surface area contributed by atoms with Gasteiger partial charge in [0.25, 0.3) is 0 Å². The number of ether oxygens (including phenoxy) is 1. The third-order valence-electron chi connectivity index (χ3n) is 4.69. The molecule has 0 fully saturated rings. The van der Waals surface area contributed by atoms with Crippen molar-refractivity contribution in [3.63, 3.8) is 0 Å². The van der Waals surface area contributed by atoms with Gasteiger partial charge in [0.05, 0.1) is 22.9 Å². The maximum absolute atomic E-state index is 13.9. The van der Waals surface area contributed by atoms with Gasteiger partial charge in [0, 0.05) is 0 Å². The first-order chi connectivity index (χ1) is 13.0. The highest BCUT2D eigenvalue weighted by Crippen LogP contribution is 2.44. The Kier molecular flexibility index (Phi) is 3.93. The molecule has 2 aromatic carbocycles. The number of allylic oxidation sites excluding steroid dienone is 1. The van der Waals surface area contributed by atoms with Crippen molar-refractivity contribution in [3.8, 4) is 17.6 Å². The van der Waals surface area contributed by atoms with Gasteiger partial charge in [0.15, 0.2) is 0 Å². The molecule has 2 N–H and O–H groups in total. The summed E-state index contributed by atoms with van der Waals surface area (Å²) in [6.45, 7) is 3.85. The van der Waals surface area contributed by atoms with Crippen molar-refractivity contribution in [3.05, 3.63) is 88.2 Å². The van der Waals surface area contributed by atoms with Crippen LogP contribution >= 0.6 is 0 Å². The minimum absolute atomic E-state index is 0.00697. The van der Waals surface area contributed by atoms with Crippen LogP contribution in [0.5, 0.6) is 5.88 Å². The zero-order valence-corrected chi connectivity index (χ0v) is 14.9. The van der Waals surface area contributed by atoms with E-state index >= 15 is 0 Å². The predicted molar refractivity (Wildman–Crippen MR) is 98.7 cm³/mol. The van der Waals surface area contributed by atoms with Gasteiger partial charge in [-0.3, -0.25) is 0 Å². The Labute approximate surface area is 156 Å². The summed E-state index contributed by atoms with van der Waals surface area (Å²) in [7, 11) is 0. The molecular formula is C21H17FN4O. The first-order valence-corrected chi connectivity index (χ1v) is 8.49. The number of hydrogen-bond acceptors (Lipinski definition) is 4. The lowest BCUT2D eigenvalue weighted by molar-refractivity contribution is 0.367. The van der Waals surface area contributed by atoms with E-state index in [0.717, 1.165) is 11.3 Å². The largest absolute Gasteiger partial charge is 0.422 e. The number of hydrogen-bond donors (Lipinski definition) is 1. The lowest BCUT2D eigenvalue weighted by Crippen LogP contribution is -2.22. The van der Waals surface area contributed by atoms with Gasteiger partial charge in [-0.2, -0.15) is 10.4 Å². The smallest absolute Gasteiger partial charge is 0.229 e. The average molecular weight is 360 g/mol. The van der Waals surface area contributed by atoms with E-state index in [-0.39, 0.29) is 17.3 Å². The van der Waals surface area contributed by atoms with Gasteiger partial charge in [-0.15, -0.1) is 0 Å². The van der Waals surface area contributed by atoms with E-state index in [2.05, 4.69) is 11.2 Å². The number of halogens is 1. The van der Waals surface area contributed by atoms with E-state index in [0.29, 0.717) is 22.7 Å². The second-order valence-electron chi connectivity index (χ2n) is 6.53. The molecule has 1 aliphatic heterocycles. The molecular weight excluding hydrogens is 343 g/mol. The van der Waals surface area contributed by atoms with Crippen LogP contribution in [0.25, 0.3) is 5.69 Å². The van der Waals surface area contributed by atoms with Gasteiger partial charge in [-0.05, 0) is 43.7 Å². The van der Waals surface area contributed by atoms with Crippen LogP contribution in [0.15, 0.2) is 60.0 Å². The highest BCUT2D eigenvalue weighted by molar-refractivity contribution is 5.57. The predicted octanol–water partition coefficient (Wildman–Crippen LogP) is 3.85. The van der Waals surface area contributed by atoms with Crippen molar-refractivity contribution in [2.45, 2.75) is 19.8 Å². The zero-order valence-electron chi connectivity index (χ0n) is 14.9. The molecule has 6 heteroatoms. The van der Waals surface area contributed by atoms with Crippen LogP contribution in [0.4, 0.5) is 4.39 Å². The van der Waals surface area contributed by atoms with E-state index in [1.165, 1.54) is 12.1 Å². The highest BCUT2D eigenvalue weighted by atomic mass is 19.1. The van der Waals surface area contributed by atoms with E-state index in [9.17, 15) is 9.65 Å². The van der Waals surface area contributed by atoms with Crippen molar-refractivity contribution in [1.29, 1.82) is 5.26 Å². The van der Waals surface area contributed by atoms with Crippen molar-refractivity contribution < 1.29 is 9.13 Å². The minimum atomic E-state index is -0.534. The monoisotopic (exact) mass is 360 g/mol. The molecule has 0 saturated carbocycles. The Morgan fingerprint density at radius 2 is 1.93 bits per heavy atom. The maximum Gasteiger partial charge on any atom is 0.229 e.